The van der Waals surface area contributed by atoms with Crippen molar-refractivity contribution in [3.05, 3.63) is 36.2 Å². The maximum atomic E-state index is 11.5. The van der Waals surface area contributed by atoms with Gasteiger partial charge in [-0.25, -0.2) is 4.98 Å². The molecule has 1 aromatic carbocycles. The fraction of sp³-hybridized carbons (Fsp3) is 0.250. The van der Waals surface area contributed by atoms with Crippen molar-refractivity contribution >= 4 is 22.9 Å². The van der Waals surface area contributed by atoms with Gasteiger partial charge in [0.05, 0.1) is 6.61 Å². The van der Waals surface area contributed by atoms with Gasteiger partial charge in [0.1, 0.15) is 29.8 Å². The summed E-state index contributed by atoms with van der Waals surface area (Å²) in [4.78, 5) is 19.8. The third kappa shape index (κ3) is 2.98. The molecule has 1 N–H and O–H groups in total. The Labute approximate surface area is 132 Å². The minimum absolute atomic E-state index is 0.0122. The summed E-state index contributed by atoms with van der Waals surface area (Å²) in [6.45, 7) is 4.10. The Morgan fingerprint density at radius 2 is 2.13 bits per heavy atom. The van der Waals surface area contributed by atoms with Crippen LogP contribution in [-0.2, 0) is 9.53 Å². The SMILES string of the molecule is CCOC(=O)CNc1ncnc2onc(-c3ccccc3C)c12. The Bertz CT molecular complexity index is 844. The van der Waals surface area contributed by atoms with Crippen LogP contribution in [0.2, 0.25) is 0 Å². The first-order chi connectivity index (χ1) is 11.2. The quantitative estimate of drug-likeness (QED) is 0.724. The summed E-state index contributed by atoms with van der Waals surface area (Å²) in [6.07, 6.45) is 1.36. The van der Waals surface area contributed by atoms with Gasteiger partial charge in [0.25, 0.3) is 5.71 Å². The maximum Gasteiger partial charge on any atom is 0.325 e. The first-order valence-corrected chi connectivity index (χ1v) is 7.26. The highest BCUT2D eigenvalue weighted by Gasteiger charge is 2.18. The van der Waals surface area contributed by atoms with Crippen LogP contribution in [0.25, 0.3) is 22.4 Å². The fourth-order valence-electron chi connectivity index (χ4n) is 2.31. The number of carbonyl (C=O) groups is 1. The number of hydrogen-bond acceptors (Lipinski definition) is 7. The molecule has 7 heteroatoms. The van der Waals surface area contributed by atoms with Crippen LogP contribution in [0.4, 0.5) is 5.82 Å². The van der Waals surface area contributed by atoms with E-state index in [1.54, 1.807) is 6.92 Å². The van der Waals surface area contributed by atoms with Crippen molar-refractivity contribution < 1.29 is 14.1 Å². The molecule has 0 aliphatic rings. The van der Waals surface area contributed by atoms with Gasteiger partial charge in [-0.1, -0.05) is 29.4 Å². The van der Waals surface area contributed by atoms with Gasteiger partial charge < -0.3 is 14.6 Å². The number of aryl methyl sites for hydroxylation is 1. The predicted molar refractivity (Wildman–Crippen MR) is 84.9 cm³/mol. The van der Waals surface area contributed by atoms with E-state index < -0.39 is 0 Å². The van der Waals surface area contributed by atoms with Crippen LogP contribution in [0.5, 0.6) is 0 Å². The number of hydrogen-bond donors (Lipinski definition) is 1. The topological polar surface area (TPSA) is 90.1 Å². The van der Waals surface area contributed by atoms with Crippen molar-refractivity contribution in [3.8, 4) is 11.3 Å². The van der Waals surface area contributed by atoms with Crippen molar-refractivity contribution in [1.29, 1.82) is 0 Å². The number of nitrogens with one attached hydrogen (secondary N) is 1. The van der Waals surface area contributed by atoms with Crippen LogP contribution in [0.1, 0.15) is 12.5 Å². The highest BCUT2D eigenvalue weighted by molar-refractivity contribution is 5.98. The van der Waals surface area contributed by atoms with Crippen molar-refractivity contribution in [2.75, 3.05) is 18.5 Å². The number of rotatable bonds is 5. The molecule has 118 valence electrons. The van der Waals surface area contributed by atoms with Crippen molar-refractivity contribution in [2.24, 2.45) is 0 Å². The average Bonchev–Trinajstić information content (AvgIpc) is 2.98. The average molecular weight is 312 g/mol. The summed E-state index contributed by atoms with van der Waals surface area (Å²) >= 11 is 0. The smallest absolute Gasteiger partial charge is 0.325 e. The van der Waals surface area contributed by atoms with Crippen molar-refractivity contribution in [3.63, 3.8) is 0 Å². The summed E-state index contributed by atoms with van der Waals surface area (Å²) in [5.74, 6) is 0.135. The summed E-state index contributed by atoms with van der Waals surface area (Å²) in [6, 6.07) is 7.83. The predicted octanol–water partition coefficient (Wildman–Crippen LogP) is 2.57. The number of aromatic nitrogens is 3. The number of benzene rings is 1. The lowest BCUT2D eigenvalue weighted by Gasteiger charge is -2.07. The van der Waals surface area contributed by atoms with E-state index in [4.69, 9.17) is 9.26 Å². The molecule has 3 aromatic rings. The third-order valence-corrected chi connectivity index (χ3v) is 3.38. The van der Waals surface area contributed by atoms with Crippen molar-refractivity contribution in [1.82, 2.24) is 15.1 Å². The van der Waals surface area contributed by atoms with E-state index in [1.807, 2.05) is 31.2 Å². The molecule has 2 aromatic heterocycles. The van der Waals surface area contributed by atoms with Gasteiger partial charge in [-0.05, 0) is 19.4 Å². The number of nitrogens with zero attached hydrogens (tertiary/aromatic N) is 3. The highest BCUT2D eigenvalue weighted by Crippen LogP contribution is 2.32. The Morgan fingerprint density at radius 3 is 2.91 bits per heavy atom. The largest absolute Gasteiger partial charge is 0.465 e. The molecule has 2 heterocycles. The van der Waals surface area contributed by atoms with E-state index in [9.17, 15) is 4.79 Å². The normalized spacial score (nSPS) is 10.7. The first kappa shape index (κ1) is 15.0. The second kappa shape index (κ2) is 6.43. The minimum Gasteiger partial charge on any atom is -0.465 e. The Morgan fingerprint density at radius 1 is 1.30 bits per heavy atom. The molecule has 3 rings (SSSR count). The summed E-state index contributed by atoms with van der Waals surface area (Å²) < 4.78 is 10.2. The van der Waals surface area contributed by atoms with E-state index in [2.05, 4.69) is 20.4 Å². The molecule has 7 nitrogen and oxygen atoms in total. The van der Waals surface area contributed by atoms with Gasteiger partial charge in [-0.15, -0.1) is 0 Å². The zero-order valence-corrected chi connectivity index (χ0v) is 12.9. The molecule has 0 aliphatic carbocycles. The minimum atomic E-state index is -0.354. The van der Waals surface area contributed by atoms with Crippen molar-refractivity contribution in [2.45, 2.75) is 13.8 Å². The van der Waals surface area contributed by atoms with Gasteiger partial charge in [-0.2, -0.15) is 4.98 Å². The standard InChI is InChI=1S/C16H16N4O3/c1-3-22-12(21)8-17-15-13-14(11-7-5-4-6-10(11)2)20-23-16(13)19-9-18-15/h4-7,9H,3,8H2,1-2H3,(H,17,18,19). The van der Waals surface area contributed by atoms with Gasteiger partial charge >= 0.3 is 5.97 Å². The zero-order chi connectivity index (χ0) is 16.2. The molecule has 0 aliphatic heterocycles. The van der Waals surface area contributed by atoms with Crippen LogP contribution in [0.15, 0.2) is 35.1 Å². The molecule has 23 heavy (non-hydrogen) atoms. The van der Waals surface area contributed by atoms with Gasteiger partial charge in [0, 0.05) is 5.56 Å². The lowest BCUT2D eigenvalue weighted by Crippen LogP contribution is -2.17. The second-order valence-electron chi connectivity index (χ2n) is 4.91. The van der Waals surface area contributed by atoms with E-state index in [0.29, 0.717) is 29.2 Å². The van der Waals surface area contributed by atoms with E-state index >= 15 is 0 Å². The lowest BCUT2D eigenvalue weighted by atomic mass is 10.0. The van der Waals surface area contributed by atoms with Crippen LogP contribution in [-0.4, -0.2) is 34.2 Å². The summed E-state index contributed by atoms with van der Waals surface area (Å²) in [7, 11) is 0. The molecular formula is C16H16N4O3. The number of anilines is 1. The van der Waals surface area contributed by atoms with Crippen LogP contribution in [0.3, 0.4) is 0 Å². The second-order valence-corrected chi connectivity index (χ2v) is 4.91. The monoisotopic (exact) mass is 312 g/mol. The highest BCUT2D eigenvalue weighted by atomic mass is 16.5. The number of esters is 1. The molecule has 0 saturated heterocycles. The van der Waals surface area contributed by atoms with Gasteiger partial charge in [0.15, 0.2) is 0 Å². The molecule has 0 spiro atoms. The molecule has 0 amide bonds. The molecule has 0 fully saturated rings. The number of carbonyl (C=O) groups excluding carboxylic acids is 1. The van der Waals surface area contributed by atoms with Gasteiger partial charge in [-0.3, -0.25) is 4.79 Å². The Kier molecular flexibility index (Phi) is 4.18. The van der Waals surface area contributed by atoms with Gasteiger partial charge in [0.2, 0.25) is 0 Å². The lowest BCUT2D eigenvalue weighted by molar-refractivity contribution is -0.140. The molecule has 0 saturated carbocycles. The molecule has 0 bridgehead atoms. The molecule has 0 radical (unpaired) electrons. The van der Waals surface area contributed by atoms with E-state index in [0.717, 1.165) is 11.1 Å². The molecular weight excluding hydrogens is 296 g/mol. The Balaban J connectivity index is 2.01. The number of ether oxygens (including phenoxy) is 1. The molecule has 0 unspecified atom stereocenters. The third-order valence-electron chi connectivity index (χ3n) is 3.38. The first-order valence-electron chi connectivity index (χ1n) is 7.26. The van der Waals surface area contributed by atoms with E-state index in [1.165, 1.54) is 6.33 Å². The van der Waals surface area contributed by atoms with E-state index in [-0.39, 0.29) is 12.5 Å². The number of fused-ring (bicyclic) bond motifs is 1. The zero-order valence-electron chi connectivity index (χ0n) is 12.9. The fourth-order valence-corrected chi connectivity index (χ4v) is 2.31. The van der Waals surface area contributed by atoms with Crippen LogP contribution < -0.4 is 5.32 Å². The maximum absolute atomic E-state index is 11.5. The molecule has 0 atom stereocenters. The van der Waals surface area contributed by atoms with Crippen LogP contribution in [0, 0.1) is 6.92 Å². The summed E-state index contributed by atoms with van der Waals surface area (Å²) in [5.41, 5.74) is 3.00. The Hall–Kier alpha value is -2.96. The summed E-state index contributed by atoms with van der Waals surface area (Å²) in [5, 5.41) is 7.72. The van der Waals surface area contributed by atoms with Crippen LogP contribution >= 0.6 is 0 Å².